The molecule has 0 aromatic heterocycles. The molecule has 3 N–H and O–H groups in total. The van der Waals surface area contributed by atoms with Crippen LogP contribution in [0.3, 0.4) is 0 Å². The molecule has 2 aromatic carbocycles. The molecule has 1 atom stereocenters. The third-order valence-electron chi connectivity index (χ3n) is 3.77. The van der Waals surface area contributed by atoms with Crippen molar-refractivity contribution >= 4 is 11.8 Å². The van der Waals surface area contributed by atoms with Crippen LogP contribution in [-0.2, 0) is 10.3 Å². The lowest BCUT2D eigenvalue weighted by atomic mass is 9.94. The maximum absolute atomic E-state index is 12.4. The van der Waals surface area contributed by atoms with Gasteiger partial charge < -0.3 is 15.7 Å². The molecule has 0 bridgehead atoms. The van der Waals surface area contributed by atoms with Crippen LogP contribution in [0.25, 0.3) is 0 Å². The molecule has 0 saturated carbocycles. The summed E-state index contributed by atoms with van der Waals surface area (Å²) < 4.78 is 0. The fraction of sp³-hybridized carbons (Fsp3) is 0.263. The number of aliphatic hydroxyl groups is 1. The first-order chi connectivity index (χ1) is 11.4. The zero-order valence-electron chi connectivity index (χ0n) is 13.8. The van der Waals surface area contributed by atoms with Crippen LogP contribution in [0.2, 0.25) is 0 Å². The number of amides is 2. The molecule has 0 unspecified atom stereocenters. The summed E-state index contributed by atoms with van der Waals surface area (Å²) in [5.74, 6) is -0.835. The van der Waals surface area contributed by atoms with Gasteiger partial charge in [-0.3, -0.25) is 9.59 Å². The van der Waals surface area contributed by atoms with Gasteiger partial charge in [0.05, 0.1) is 12.1 Å². The Morgan fingerprint density at radius 3 is 2.08 bits per heavy atom. The van der Waals surface area contributed by atoms with E-state index in [0.717, 1.165) is 5.56 Å². The van der Waals surface area contributed by atoms with E-state index in [1.807, 2.05) is 44.2 Å². The molecule has 0 saturated heterocycles. The van der Waals surface area contributed by atoms with Gasteiger partial charge in [0, 0.05) is 5.56 Å². The summed E-state index contributed by atoms with van der Waals surface area (Å²) in [6, 6.07) is 17.1. The van der Waals surface area contributed by atoms with Crippen molar-refractivity contribution in [3.63, 3.8) is 0 Å². The Kier molecular flexibility index (Phi) is 5.71. The minimum absolute atomic E-state index is 0.401. The molecule has 5 nitrogen and oxygen atoms in total. The first-order valence-corrected chi connectivity index (χ1v) is 7.78. The average Bonchev–Trinajstić information content (AvgIpc) is 2.60. The van der Waals surface area contributed by atoms with Crippen LogP contribution in [0.1, 0.15) is 29.8 Å². The normalized spacial score (nSPS) is 12.3. The van der Waals surface area contributed by atoms with Crippen LogP contribution in [0.5, 0.6) is 0 Å². The number of carbonyl (C=O) groups excluding carboxylic acids is 2. The Morgan fingerprint density at radius 1 is 1.00 bits per heavy atom. The summed E-state index contributed by atoms with van der Waals surface area (Å²) in [7, 11) is 0. The van der Waals surface area contributed by atoms with Gasteiger partial charge in [0.2, 0.25) is 5.91 Å². The van der Waals surface area contributed by atoms with Crippen LogP contribution < -0.4 is 10.6 Å². The number of nitrogens with one attached hydrogen (secondary N) is 2. The monoisotopic (exact) mass is 326 g/mol. The summed E-state index contributed by atoms with van der Waals surface area (Å²) in [6.07, 6.45) is 0. The highest BCUT2D eigenvalue weighted by molar-refractivity contribution is 5.97. The number of carbonyl (C=O) groups is 2. The number of hydrogen-bond acceptors (Lipinski definition) is 3. The lowest BCUT2D eigenvalue weighted by Crippen LogP contribution is -2.53. The van der Waals surface area contributed by atoms with Gasteiger partial charge in [0.25, 0.3) is 5.91 Å². The Hall–Kier alpha value is -2.66. The van der Waals surface area contributed by atoms with Crippen molar-refractivity contribution in [2.45, 2.75) is 25.4 Å². The Morgan fingerprint density at radius 2 is 1.54 bits per heavy atom. The van der Waals surface area contributed by atoms with Gasteiger partial charge in [-0.1, -0.05) is 48.5 Å². The standard InChI is InChI=1S/C19H22N2O3/c1-19(2,15-11-7-4-8-12-15)21-18(24)16(13-22)20-17(23)14-9-5-3-6-10-14/h3-12,16,22H,13H2,1-2H3,(H,20,23)(H,21,24)/t16-/m0/s1. The molecular weight excluding hydrogens is 304 g/mol. The van der Waals surface area contributed by atoms with E-state index in [0.29, 0.717) is 5.56 Å². The Balaban J connectivity index is 2.05. The molecule has 2 amide bonds. The van der Waals surface area contributed by atoms with Crippen LogP contribution in [0, 0.1) is 0 Å². The lowest BCUT2D eigenvalue weighted by Gasteiger charge is -2.29. The van der Waals surface area contributed by atoms with Crippen LogP contribution in [0.4, 0.5) is 0 Å². The maximum atomic E-state index is 12.4. The van der Waals surface area contributed by atoms with E-state index in [1.54, 1.807) is 30.3 Å². The molecule has 5 heteroatoms. The van der Waals surface area contributed by atoms with E-state index < -0.39 is 30.0 Å². The number of aliphatic hydroxyl groups excluding tert-OH is 1. The lowest BCUT2D eigenvalue weighted by molar-refractivity contribution is -0.125. The van der Waals surface area contributed by atoms with Crippen molar-refractivity contribution in [1.82, 2.24) is 10.6 Å². The largest absolute Gasteiger partial charge is 0.394 e. The molecule has 0 heterocycles. The van der Waals surface area contributed by atoms with Gasteiger partial charge in [-0.15, -0.1) is 0 Å². The molecule has 2 aromatic rings. The van der Waals surface area contributed by atoms with Crippen molar-refractivity contribution in [3.05, 3.63) is 71.8 Å². The van der Waals surface area contributed by atoms with Crippen molar-refractivity contribution < 1.29 is 14.7 Å². The molecule has 0 aliphatic rings. The van der Waals surface area contributed by atoms with Gasteiger partial charge in [0.15, 0.2) is 0 Å². The quantitative estimate of drug-likeness (QED) is 0.758. The second-order valence-electron chi connectivity index (χ2n) is 6.05. The molecule has 0 aliphatic heterocycles. The third kappa shape index (κ3) is 4.43. The van der Waals surface area contributed by atoms with E-state index >= 15 is 0 Å². The highest BCUT2D eigenvalue weighted by atomic mass is 16.3. The van der Waals surface area contributed by atoms with Gasteiger partial charge in [-0.25, -0.2) is 0 Å². The van der Waals surface area contributed by atoms with Crippen molar-refractivity contribution in [3.8, 4) is 0 Å². The van der Waals surface area contributed by atoms with Crippen LogP contribution >= 0.6 is 0 Å². The zero-order valence-corrected chi connectivity index (χ0v) is 13.8. The molecule has 0 spiro atoms. The number of benzene rings is 2. The third-order valence-corrected chi connectivity index (χ3v) is 3.77. The van der Waals surface area contributed by atoms with Crippen LogP contribution in [0.15, 0.2) is 60.7 Å². The summed E-state index contributed by atoms with van der Waals surface area (Å²) in [5.41, 5.74) is 0.749. The van der Waals surface area contributed by atoms with Crippen molar-refractivity contribution in [2.75, 3.05) is 6.61 Å². The topological polar surface area (TPSA) is 78.4 Å². The van der Waals surface area contributed by atoms with Gasteiger partial charge >= 0.3 is 0 Å². The Bertz CT molecular complexity index is 684. The predicted octanol–water partition coefficient (Wildman–Crippen LogP) is 1.83. The second-order valence-corrected chi connectivity index (χ2v) is 6.05. The van der Waals surface area contributed by atoms with E-state index in [-0.39, 0.29) is 0 Å². The predicted molar refractivity (Wildman–Crippen MR) is 92.4 cm³/mol. The Labute approximate surface area is 141 Å². The fourth-order valence-corrected chi connectivity index (χ4v) is 2.35. The fourth-order valence-electron chi connectivity index (χ4n) is 2.35. The first-order valence-electron chi connectivity index (χ1n) is 7.78. The summed E-state index contributed by atoms with van der Waals surface area (Å²) in [5, 5.41) is 14.9. The van der Waals surface area contributed by atoms with E-state index in [4.69, 9.17) is 0 Å². The highest BCUT2D eigenvalue weighted by Gasteiger charge is 2.28. The molecule has 126 valence electrons. The summed E-state index contributed by atoms with van der Waals surface area (Å²) >= 11 is 0. The molecule has 0 aliphatic carbocycles. The molecule has 24 heavy (non-hydrogen) atoms. The van der Waals surface area contributed by atoms with E-state index in [9.17, 15) is 14.7 Å². The summed E-state index contributed by atoms with van der Waals surface area (Å²) in [6.45, 7) is 3.26. The van der Waals surface area contributed by atoms with Gasteiger partial charge in [0.1, 0.15) is 6.04 Å². The maximum Gasteiger partial charge on any atom is 0.251 e. The molecular formula is C19H22N2O3. The van der Waals surface area contributed by atoms with Crippen molar-refractivity contribution in [1.29, 1.82) is 0 Å². The van der Waals surface area contributed by atoms with Gasteiger partial charge in [-0.05, 0) is 31.5 Å². The van der Waals surface area contributed by atoms with E-state index in [2.05, 4.69) is 10.6 Å². The van der Waals surface area contributed by atoms with E-state index in [1.165, 1.54) is 0 Å². The number of hydrogen-bond donors (Lipinski definition) is 3. The first kappa shape index (κ1) is 17.7. The zero-order chi connectivity index (χ0) is 17.6. The number of rotatable bonds is 6. The SMILES string of the molecule is CC(C)(NC(=O)[C@H](CO)NC(=O)c1ccccc1)c1ccccc1. The minimum atomic E-state index is -1.01. The van der Waals surface area contributed by atoms with Crippen LogP contribution in [-0.4, -0.2) is 29.6 Å². The van der Waals surface area contributed by atoms with Gasteiger partial charge in [-0.2, -0.15) is 0 Å². The molecule has 2 rings (SSSR count). The minimum Gasteiger partial charge on any atom is -0.394 e. The molecule has 0 fully saturated rings. The highest BCUT2D eigenvalue weighted by Crippen LogP contribution is 2.19. The average molecular weight is 326 g/mol. The summed E-state index contributed by atoms with van der Waals surface area (Å²) in [4.78, 5) is 24.6. The molecule has 0 radical (unpaired) electrons. The van der Waals surface area contributed by atoms with Crippen molar-refractivity contribution in [2.24, 2.45) is 0 Å². The smallest absolute Gasteiger partial charge is 0.251 e. The second kappa shape index (κ2) is 7.75.